The summed E-state index contributed by atoms with van der Waals surface area (Å²) in [5, 5.41) is 5.64. The second-order valence-corrected chi connectivity index (χ2v) is 12.5. The number of fused-ring (bicyclic) bond motifs is 1. The Balaban J connectivity index is 1.20. The number of nitrogens with zero attached hydrogens (tertiary/aromatic N) is 5. The van der Waals surface area contributed by atoms with Crippen molar-refractivity contribution in [1.29, 1.82) is 0 Å². The van der Waals surface area contributed by atoms with E-state index in [4.69, 9.17) is 9.26 Å². The van der Waals surface area contributed by atoms with E-state index >= 15 is 0 Å². The van der Waals surface area contributed by atoms with Gasteiger partial charge in [0.15, 0.2) is 5.82 Å². The number of amides is 2. The Hall–Kier alpha value is -4.47. The molecular formula is C33H35N5O5. The van der Waals surface area contributed by atoms with Crippen molar-refractivity contribution in [2.75, 3.05) is 13.1 Å². The van der Waals surface area contributed by atoms with E-state index in [1.807, 2.05) is 54.0 Å². The third kappa shape index (κ3) is 5.30. The molecule has 0 unspecified atom stereocenters. The molecule has 7 rings (SSSR count). The van der Waals surface area contributed by atoms with Crippen molar-refractivity contribution in [3.05, 3.63) is 70.4 Å². The number of carbonyl (C=O) groups excluding carboxylic acids is 2. The van der Waals surface area contributed by atoms with E-state index in [1.54, 1.807) is 22.9 Å². The molecule has 0 radical (unpaired) electrons. The van der Waals surface area contributed by atoms with Gasteiger partial charge < -0.3 is 23.6 Å². The molecule has 222 valence electrons. The summed E-state index contributed by atoms with van der Waals surface area (Å²) in [6, 6.07) is 13.5. The van der Waals surface area contributed by atoms with Crippen LogP contribution in [0.3, 0.4) is 0 Å². The van der Waals surface area contributed by atoms with Gasteiger partial charge >= 0.3 is 0 Å². The largest absolute Gasteiger partial charge is 0.457 e. The zero-order chi connectivity index (χ0) is 29.8. The zero-order valence-electron chi connectivity index (χ0n) is 24.7. The number of aromatic nitrogens is 3. The fourth-order valence-electron chi connectivity index (χ4n) is 6.24. The van der Waals surface area contributed by atoms with Crippen LogP contribution < -0.4 is 10.3 Å². The van der Waals surface area contributed by atoms with Crippen molar-refractivity contribution in [2.45, 2.75) is 71.0 Å². The van der Waals surface area contributed by atoms with Crippen molar-refractivity contribution in [3.8, 4) is 23.0 Å². The summed E-state index contributed by atoms with van der Waals surface area (Å²) < 4.78 is 13.8. The molecule has 0 bridgehead atoms. The van der Waals surface area contributed by atoms with Gasteiger partial charge in [-0.3, -0.25) is 14.4 Å². The van der Waals surface area contributed by atoms with Crippen LogP contribution in [0.4, 0.5) is 0 Å². The molecule has 2 aromatic carbocycles. The number of likely N-dealkylation sites (tertiary alicyclic amines) is 2. The molecule has 10 heteroatoms. The predicted octanol–water partition coefficient (Wildman–Crippen LogP) is 5.27. The molecule has 2 saturated heterocycles. The average Bonchev–Trinajstić information content (AvgIpc) is 3.41. The second kappa shape index (κ2) is 10.7. The first-order valence-corrected chi connectivity index (χ1v) is 15.1. The fraction of sp³-hybridized carbons (Fsp3) is 0.424. The normalized spacial score (nSPS) is 20.7. The molecule has 0 spiro atoms. The highest BCUT2D eigenvalue weighted by Gasteiger charge is 2.41. The van der Waals surface area contributed by atoms with Gasteiger partial charge in [0.1, 0.15) is 11.5 Å². The molecule has 4 aromatic rings. The van der Waals surface area contributed by atoms with Crippen molar-refractivity contribution in [3.63, 3.8) is 0 Å². The summed E-state index contributed by atoms with van der Waals surface area (Å²) >= 11 is 0. The fourth-order valence-corrected chi connectivity index (χ4v) is 6.24. The summed E-state index contributed by atoms with van der Waals surface area (Å²) in [7, 11) is 0. The molecular weight excluding hydrogens is 546 g/mol. The van der Waals surface area contributed by atoms with Crippen LogP contribution in [0.5, 0.6) is 11.5 Å². The molecule has 3 fully saturated rings. The number of pyridine rings is 1. The van der Waals surface area contributed by atoms with Gasteiger partial charge in [0, 0.05) is 73.2 Å². The molecule has 4 heterocycles. The first kappa shape index (κ1) is 27.4. The van der Waals surface area contributed by atoms with Gasteiger partial charge in [-0.15, -0.1) is 0 Å². The third-order valence-electron chi connectivity index (χ3n) is 8.72. The number of carbonyl (C=O) groups is 2. The molecule has 2 aromatic heterocycles. The number of hydrogen-bond donors (Lipinski definition) is 0. The van der Waals surface area contributed by atoms with E-state index < -0.39 is 0 Å². The lowest BCUT2D eigenvalue weighted by atomic mass is 10.1. The summed E-state index contributed by atoms with van der Waals surface area (Å²) in [6.07, 6.45) is 4.88. The van der Waals surface area contributed by atoms with Crippen LogP contribution in [0.2, 0.25) is 0 Å². The SMILES string of the molecule is CC(C)n1ccc2cc(Oc3cc(-c4nc([C@H]5CC(=O)N(C6CC6)C5)no4)ccc3CN3C[C@@H](C)CC3=O)ccc2c1=O. The van der Waals surface area contributed by atoms with Crippen molar-refractivity contribution >= 4 is 22.6 Å². The standard InChI is InChI=1S/C33H35N5O5/c1-19(2)37-11-10-21-13-26(8-9-27(21)33(37)41)42-28-14-22(4-5-23(28)17-36-16-20(3)12-29(36)39)32-34-31(35-43-32)24-15-30(40)38(18-24)25-6-7-25/h4-5,8-11,13-14,19-20,24-25H,6-7,12,15-18H2,1-3H3/t20-,24-/m0/s1. The number of rotatable bonds is 8. The van der Waals surface area contributed by atoms with Crippen LogP contribution in [-0.2, 0) is 16.1 Å². The van der Waals surface area contributed by atoms with Gasteiger partial charge in [0.05, 0.1) is 0 Å². The molecule has 10 nitrogen and oxygen atoms in total. The van der Waals surface area contributed by atoms with E-state index in [0.717, 1.165) is 23.8 Å². The van der Waals surface area contributed by atoms with Gasteiger partial charge in [-0.1, -0.05) is 18.1 Å². The van der Waals surface area contributed by atoms with E-state index in [1.165, 1.54) is 0 Å². The zero-order valence-corrected chi connectivity index (χ0v) is 24.7. The first-order chi connectivity index (χ1) is 20.7. The smallest absolute Gasteiger partial charge is 0.258 e. The maximum Gasteiger partial charge on any atom is 0.258 e. The monoisotopic (exact) mass is 581 g/mol. The Morgan fingerprint density at radius 2 is 1.84 bits per heavy atom. The predicted molar refractivity (Wildman–Crippen MR) is 160 cm³/mol. The maximum atomic E-state index is 13.0. The highest BCUT2D eigenvalue weighted by molar-refractivity contribution is 5.83. The van der Waals surface area contributed by atoms with Crippen LogP contribution in [-0.4, -0.2) is 55.5 Å². The molecule has 1 saturated carbocycles. The minimum Gasteiger partial charge on any atom is -0.457 e. The lowest BCUT2D eigenvalue weighted by molar-refractivity contribution is -0.129. The maximum absolute atomic E-state index is 13.0. The highest BCUT2D eigenvalue weighted by atomic mass is 16.5. The van der Waals surface area contributed by atoms with Gasteiger partial charge in [-0.05, 0) is 74.4 Å². The topological polar surface area (TPSA) is 111 Å². The summed E-state index contributed by atoms with van der Waals surface area (Å²) in [5.74, 6) is 2.53. The number of ether oxygens (including phenoxy) is 1. The van der Waals surface area contributed by atoms with E-state index in [2.05, 4.69) is 17.1 Å². The minimum absolute atomic E-state index is 0.0418. The lowest BCUT2D eigenvalue weighted by Gasteiger charge is -2.19. The third-order valence-corrected chi connectivity index (χ3v) is 8.72. The molecule has 0 N–H and O–H groups in total. The van der Waals surface area contributed by atoms with E-state index in [-0.39, 0.29) is 29.3 Å². The summed E-state index contributed by atoms with van der Waals surface area (Å²) in [5.41, 5.74) is 1.49. The van der Waals surface area contributed by atoms with Crippen LogP contribution in [0.1, 0.15) is 69.8 Å². The molecule has 3 aliphatic rings. The molecule has 2 atom stereocenters. The van der Waals surface area contributed by atoms with Gasteiger partial charge in [0.25, 0.3) is 11.4 Å². The average molecular weight is 582 g/mol. The first-order valence-electron chi connectivity index (χ1n) is 15.1. The quantitative estimate of drug-likeness (QED) is 0.279. The molecule has 2 amide bonds. The van der Waals surface area contributed by atoms with Gasteiger partial charge in [-0.2, -0.15) is 4.98 Å². The van der Waals surface area contributed by atoms with Gasteiger partial charge in [-0.25, -0.2) is 0 Å². The number of benzene rings is 2. The van der Waals surface area contributed by atoms with Crippen LogP contribution in [0.15, 0.2) is 58.0 Å². The van der Waals surface area contributed by atoms with Crippen LogP contribution in [0, 0.1) is 5.92 Å². The van der Waals surface area contributed by atoms with Crippen molar-refractivity contribution in [2.24, 2.45) is 5.92 Å². The van der Waals surface area contributed by atoms with E-state index in [9.17, 15) is 14.4 Å². The number of hydrogen-bond acceptors (Lipinski definition) is 7. The minimum atomic E-state index is -0.0818. The van der Waals surface area contributed by atoms with Crippen molar-refractivity contribution in [1.82, 2.24) is 24.5 Å². The van der Waals surface area contributed by atoms with E-state index in [0.29, 0.717) is 78.6 Å². The second-order valence-electron chi connectivity index (χ2n) is 12.5. The Morgan fingerprint density at radius 1 is 1.00 bits per heavy atom. The molecule has 1 aliphatic carbocycles. The lowest BCUT2D eigenvalue weighted by Crippen LogP contribution is -2.27. The summed E-state index contributed by atoms with van der Waals surface area (Å²) in [4.78, 5) is 46.5. The Morgan fingerprint density at radius 3 is 2.58 bits per heavy atom. The highest BCUT2D eigenvalue weighted by Crippen LogP contribution is 2.37. The Kier molecular flexibility index (Phi) is 6.79. The molecule has 2 aliphatic heterocycles. The van der Waals surface area contributed by atoms with Gasteiger partial charge in [0.2, 0.25) is 11.8 Å². The van der Waals surface area contributed by atoms with Crippen LogP contribution >= 0.6 is 0 Å². The van der Waals surface area contributed by atoms with Crippen LogP contribution in [0.25, 0.3) is 22.2 Å². The molecule has 43 heavy (non-hydrogen) atoms. The summed E-state index contributed by atoms with van der Waals surface area (Å²) in [6.45, 7) is 7.78. The Labute approximate surface area is 249 Å². The Bertz CT molecular complexity index is 1790. The van der Waals surface area contributed by atoms with Crippen molar-refractivity contribution < 1.29 is 18.8 Å².